The van der Waals surface area contributed by atoms with E-state index < -0.39 is 0 Å². The third kappa shape index (κ3) is 5.01. The summed E-state index contributed by atoms with van der Waals surface area (Å²) in [5, 5.41) is 7.59. The lowest BCUT2D eigenvalue weighted by molar-refractivity contribution is -0.116. The maximum Gasteiger partial charge on any atom is 0.224 e. The molecule has 0 radical (unpaired) electrons. The number of aromatic nitrogens is 2. The van der Waals surface area contributed by atoms with E-state index in [1.54, 1.807) is 16.8 Å². The molecule has 2 aromatic carbocycles. The number of nitrogens with one attached hydrogen (secondary N) is 1. The molecule has 2 heterocycles. The predicted octanol–water partition coefficient (Wildman–Crippen LogP) is 6.03. The van der Waals surface area contributed by atoms with Gasteiger partial charge in [-0.25, -0.2) is 9.07 Å². The van der Waals surface area contributed by atoms with Gasteiger partial charge in [-0.2, -0.15) is 5.10 Å². The highest BCUT2D eigenvalue weighted by Gasteiger charge is 2.31. The molecule has 5 rings (SSSR count). The molecule has 0 saturated carbocycles. The number of benzene rings is 2. The van der Waals surface area contributed by atoms with E-state index in [0.29, 0.717) is 18.7 Å². The standard InChI is InChI=1S/C28H32FN3O2/c1-28(15-13-24-21(18-28)19-32(31-24)26-8-4-3-7-23(26)29)14-5-2-6-16-34-22-11-9-20-10-12-27(33)30-25(20)17-22/h3-4,7-9,11,17,19H,2,5-6,10,12-16,18H2,1H3,(H,30,33). The lowest BCUT2D eigenvalue weighted by Gasteiger charge is -2.33. The van der Waals surface area contributed by atoms with Gasteiger partial charge in [0, 0.05) is 24.4 Å². The molecule has 1 amide bonds. The Bertz CT molecular complexity index is 1190. The summed E-state index contributed by atoms with van der Waals surface area (Å²) in [5.41, 5.74) is 5.19. The summed E-state index contributed by atoms with van der Waals surface area (Å²) in [4.78, 5) is 11.6. The molecule has 0 bridgehead atoms. The molecule has 0 fully saturated rings. The van der Waals surface area contributed by atoms with Crippen molar-refractivity contribution in [3.63, 3.8) is 0 Å². The van der Waals surface area contributed by atoms with Gasteiger partial charge in [0.2, 0.25) is 5.91 Å². The molecule has 0 saturated heterocycles. The fourth-order valence-electron chi connectivity index (χ4n) is 5.21. The zero-order valence-corrected chi connectivity index (χ0v) is 19.8. The number of anilines is 1. The number of hydrogen-bond acceptors (Lipinski definition) is 3. The van der Waals surface area contributed by atoms with Gasteiger partial charge in [-0.05, 0) is 73.3 Å². The first-order chi connectivity index (χ1) is 16.5. The van der Waals surface area contributed by atoms with Crippen LogP contribution in [0.15, 0.2) is 48.7 Å². The number of aryl methyl sites for hydroxylation is 2. The van der Waals surface area contributed by atoms with E-state index in [4.69, 9.17) is 4.74 Å². The van der Waals surface area contributed by atoms with Crippen molar-refractivity contribution in [3.05, 3.63) is 71.3 Å². The fourth-order valence-corrected chi connectivity index (χ4v) is 5.21. The minimum Gasteiger partial charge on any atom is -0.494 e. The molecule has 1 N–H and O–H groups in total. The SMILES string of the molecule is CC1(CCCCCOc2ccc3c(c2)NC(=O)CC3)CCc2nn(-c3ccccc3F)cc2C1. The third-order valence-electron chi connectivity index (χ3n) is 7.23. The molecular weight excluding hydrogens is 429 g/mol. The van der Waals surface area contributed by atoms with Crippen molar-refractivity contribution in [2.24, 2.45) is 5.41 Å². The summed E-state index contributed by atoms with van der Waals surface area (Å²) in [6.07, 6.45) is 10.9. The van der Waals surface area contributed by atoms with Crippen LogP contribution in [0.2, 0.25) is 0 Å². The molecular formula is C28H32FN3O2. The minimum absolute atomic E-state index is 0.0764. The van der Waals surface area contributed by atoms with Crippen molar-refractivity contribution in [2.45, 2.75) is 64.7 Å². The Morgan fingerprint density at radius 1 is 1.09 bits per heavy atom. The highest BCUT2D eigenvalue weighted by molar-refractivity contribution is 5.94. The zero-order valence-electron chi connectivity index (χ0n) is 19.8. The second-order valence-corrected chi connectivity index (χ2v) is 10.0. The van der Waals surface area contributed by atoms with E-state index in [-0.39, 0.29) is 17.1 Å². The Labute approximate surface area is 200 Å². The van der Waals surface area contributed by atoms with Crippen LogP contribution >= 0.6 is 0 Å². The Morgan fingerprint density at radius 2 is 1.97 bits per heavy atom. The van der Waals surface area contributed by atoms with Gasteiger partial charge in [0.05, 0.1) is 12.3 Å². The van der Waals surface area contributed by atoms with Crippen LogP contribution in [0.4, 0.5) is 10.1 Å². The van der Waals surface area contributed by atoms with Crippen LogP contribution in [0.3, 0.4) is 0 Å². The number of rotatable bonds is 8. The fraction of sp³-hybridized carbons (Fsp3) is 0.429. The number of fused-ring (bicyclic) bond motifs is 2. The lowest BCUT2D eigenvalue weighted by Crippen LogP contribution is -2.25. The number of unbranched alkanes of at least 4 members (excludes halogenated alkanes) is 2. The van der Waals surface area contributed by atoms with Crippen LogP contribution in [0.5, 0.6) is 5.75 Å². The van der Waals surface area contributed by atoms with Crippen LogP contribution < -0.4 is 10.1 Å². The highest BCUT2D eigenvalue weighted by Crippen LogP contribution is 2.39. The molecule has 2 aliphatic rings. The lowest BCUT2D eigenvalue weighted by atomic mass is 9.72. The second-order valence-electron chi connectivity index (χ2n) is 10.0. The van der Waals surface area contributed by atoms with Crippen molar-refractivity contribution in [2.75, 3.05) is 11.9 Å². The normalized spacial score (nSPS) is 19.3. The quantitative estimate of drug-likeness (QED) is 0.417. The van der Waals surface area contributed by atoms with Gasteiger partial charge in [0.1, 0.15) is 17.3 Å². The number of amides is 1. The number of hydrogen-bond donors (Lipinski definition) is 1. The van der Waals surface area contributed by atoms with Gasteiger partial charge in [-0.15, -0.1) is 0 Å². The van der Waals surface area contributed by atoms with E-state index in [1.807, 2.05) is 24.4 Å². The summed E-state index contributed by atoms with van der Waals surface area (Å²) >= 11 is 0. The van der Waals surface area contributed by atoms with Crippen molar-refractivity contribution in [1.82, 2.24) is 9.78 Å². The van der Waals surface area contributed by atoms with Gasteiger partial charge in [-0.3, -0.25) is 4.79 Å². The molecule has 1 unspecified atom stereocenters. The predicted molar refractivity (Wildman–Crippen MR) is 131 cm³/mol. The largest absolute Gasteiger partial charge is 0.494 e. The van der Waals surface area contributed by atoms with E-state index in [9.17, 15) is 9.18 Å². The van der Waals surface area contributed by atoms with E-state index in [1.165, 1.54) is 23.6 Å². The van der Waals surface area contributed by atoms with E-state index in [2.05, 4.69) is 23.4 Å². The van der Waals surface area contributed by atoms with Gasteiger partial charge < -0.3 is 10.1 Å². The summed E-state index contributed by atoms with van der Waals surface area (Å²) in [6, 6.07) is 12.8. The summed E-state index contributed by atoms with van der Waals surface area (Å²) < 4.78 is 21.8. The van der Waals surface area contributed by atoms with E-state index in [0.717, 1.165) is 62.1 Å². The molecule has 0 spiro atoms. The first-order valence-corrected chi connectivity index (χ1v) is 12.4. The molecule has 178 valence electrons. The number of para-hydroxylation sites is 1. The smallest absolute Gasteiger partial charge is 0.224 e. The Hall–Kier alpha value is -3.15. The summed E-state index contributed by atoms with van der Waals surface area (Å²) in [6.45, 7) is 3.05. The Kier molecular flexibility index (Phi) is 6.40. The van der Waals surface area contributed by atoms with Crippen molar-refractivity contribution >= 4 is 11.6 Å². The average molecular weight is 462 g/mol. The zero-order chi connectivity index (χ0) is 23.5. The first-order valence-electron chi connectivity index (χ1n) is 12.4. The number of nitrogens with zero attached hydrogens (tertiary/aromatic N) is 2. The highest BCUT2D eigenvalue weighted by atomic mass is 19.1. The maximum atomic E-state index is 14.2. The van der Waals surface area contributed by atoms with Crippen LogP contribution in [0.1, 0.15) is 62.3 Å². The third-order valence-corrected chi connectivity index (χ3v) is 7.23. The van der Waals surface area contributed by atoms with Crippen LogP contribution in [-0.2, 0) is 24.1 Å². The van der Waals surface area contributed by atoms with Crippen LogP contribution in [-0.4, -0.2) is 22.3 Å². The number of halogens is 1. The van der Waals surface area contributed by atoms with Gasteiger partial charge in [0.15, 0.2) is 0 Å². The molecule has 5 nitrogen and oxygen atoms in total. The van der Waals surface area contributed by atoms with E-state index >= 15 is 0 Å². The molecule has 34 heavy (non-hydrogen) atoms. The number of carbonyl (C=O) groups excluding carboxylic acids is 1. The maximum absolute atomic E-state index is 14.2. The van der Waals surface area contributed by atoms with Gasteiger partial charge in [0.25, 0.3) is 0 Å². The summed E-state index contributed by atoms with van der Waals surface area (Å²) in [7, 11) is 0. The molecule has 6 heteroatoms. The van der Waals surface area contributed by atoms with Crippen LogP contribution in [0.25, 0.3) is 5.69 Å². The average Bonchev–Trinajstić information content (AvgIpc) is 3.24. The van der Waals surface area contributed by atoms with Gasteiger partial charge >= 0.3 is 0 Å². The molecule has 3 aromatic rings. The summed E-state index contributed by atoms with van der Waals surface area (Å²) in [5.74, 6) is 0.652. The van der Waals surface area contributed by atoms with Crippen molar-refractivity contribution in [3.8, 4) is 11.4 Å². The molecule has 1 aliphatic carbocycles. The Morgan fingerprint density at radius 3 is 2.85 bits per heavy atom. The van der Waals surface area contributed by atoms with Crippen molar-refractivity contribution < 1.29 is 13.9 Å². The minimum atomic E-state index is -0.243. The first kappa shape index (κ1) is 22.6. The van der Waals surface area contributed by atoms with Crippen molar-refractivity contribution in [1.29, 1.82) is 0 Å². The molecule has 1 aromatic heterocycles. The molecule has 1 aliphatic heterocycles. The monoisotopic (exact) mass is 461 g/mol. The van der Waals surface area contributed by atoms with Gasteiger partial charge in [-0.1, -0.05) is 38.0 Å². The number of carbonyl (C=O) groups is 1. The second kappa shape index (κ2) is 9.61. The van der Waals surface area contributed by atoms with Crippen LogP contribution in [0, 0.1) is 11.2 Å². The molecule has 1 atom stereocenters. The number of ether oxygens (including phenoxy) is 1. The Balaban J connectivity index is 1.08. The topological polar surface area (TPSA) is 56.1 Å².